The molecule has 0 aliphatic heterocycles. The topological polar surface area (TPSA) is 75.6 Å². The van der Waals surface area contributed by atoms with Crippen LogP contribution in [0.1, 0.15) is 20.3 Å². The van der Waals surface area contributed by atoms with Crippen LogP contribution in [0.5, 0.6) is 0 Å². The number of rotatable bonds is 4. The van der Waals surface area contributed by atoms with E-state index in [1.54, 1.807) is 13.8 Å². The van der Waals surface area contributed by atoms with E-state index >= 15 is 0 Å². The van der Waals surface area contributed by atoms with E-state index in [1.807, 2.05) is 0 Å². The Morgan fingerprint density at radius 3 is 2.50 bits per heavy atom. The second-order valence-corrected chi connectivity index (χ2v) is 3.14. The minimum Gasteiger partial charge on any atom is -0.300 e. The van der Waals surface area contributed by atoms with Crippen LogP contribution in [0.3, 0.4) is 0 Å². The van der Waals surface area contributed by atoms with Crippen LogP contribution < -0.4 is 4.89 Å². The predicted octanol–water partition coefficient (Wildman–Crippen LogP) is 0.0251. The third-order valence-corrected chi connectivity index (χ3v) is 1.78. The van der Waals surface area contributed by atoms with Gasteiger partial charge in [0.05, 0.1) is 6.10 Å². The SMILES string of the molecule is CCC(C)OS(=O)(=O)NO. The van der Waals surface area contributed by atoms with Gasteiger partial charge in [0.15, 0.2) is 0 Å². The molecule has 62 valence electrons. The first-order chi connectivity index (χ1) is 4.52. The Balaban J connectivity index is 3.90. The van der Waals surface area contributed by atoms with Crippen LogP contribution in [0.25, 0.3) is 0 Å². The molecule has 0 aliphatic carbocycles. The van der Waals surface area contributed by atoms with Gasteiger partial charge in [-0.25, -0.2) is 0 Å². The summed E-state index contributed by atoms with van der Waals surface area (Å²) in [7, 11) is -3.93. The van der Waals surface area contributed by atoms with Crippen LogP contribution in [0, 0.1) is 0 Å². The summed E-state index contributed by atoms with van der Waals surface area (Å²) >= 11 is 0. The highest BCUT2D eigenvalue weighted by Crippen LogP contribution is 1.99. The van der Waals surface area contributed by atoms with Crippen molar-refractivity contribution in [2.24, 2.45) is 0 Å². The fourth-order valence-corrected chi connectivity index (χ4v) is 0.917. The lowest BCUT2D eigenvalue weighted by Gasteiger charge is -2.07. The molecule has 0 rings (SSSR count). The second kappa shape index (κ2) is 3.87. The van der Waals surface area contributed by atoms with E-state index in [0.29, 0.717) is 6.42 Å². The molecule has 0 saturated heterocycles. The summed E-state index contributed by atoms with van der Waals surface area (Å²) in [6, 6.07) is 0. The van der Waals surface area contributed by atoms with Crippen molar-refractivity contribution in [1.82, 2.24) is 4.89 Å². The molecular weight excluding hydrogens is 158 g/mol. The van der Waals surface area contributed by atoms with Crippen LogP contribution in [0.15, 0.2) is 0 Å². The summed E-state index contributed by atoms with van der Waals surface area (Å²) < 4.78 is 25.1. The molecule has 1 atom stereocenters. The molecule has 10 heavy (non-hydrogen) atoms. The highest BCUT2D eigenvalue weighted by molar-refractivity contribution is 7.84. The molecular formula is C4H11NO4S. The van der Waals surface area contributed by atoms with Crippen LogP contribution in [0.4, 0.5) is 0 Å². The predicted molar refractivity (Wildman–Crippen MR) is 34.7 cm³/mol. The van der Waals surface area contributed by atoms with Gasteiger partial charge in [-0.1, -0.05) is 11.8 Å². The van der Waals surface area contributed by atoms with Crippen molar-refractivity contribution in [2.45, 2.75) is 26.4 Å². The molecule has 0 aromatic carbocycles. The summed E-state index contributed by atoms with van der Waals surface area (Å²) in [6.07, 6.45) is 0.158. The number of nitrogens with one attached hydrogen (secondary N) is 1. The van der Waals surface area contributed by atoms with Crippen molar-refractivity contribution in [3.63, 3.8) is 0 Å². The van der Waals surface area contributed by atoms with E-state index in [-0.39, 0.29) is 0 Å². The van der Waals surface area contributed by atoms with Gasteiger partial charge < -0.3 is 5.21 Å². The summed E-state index contributed by atoms with van der Waals surface area (Å²) in [6.45, 7) is 3.37. The van der Waals surface area contributed by atoms with Crippen molar-refractivity contribution in [2.75, 3.05) is 0 Å². The monoisotopic (exact) mass is 169 g/mol. The second-order valence-electron chi connectivity index (χ2n) is 1.86. The molecule has 1 unspecified atom stereocenters. The first-order valence-corrected chi connectivity index (χ1v) is 4.26. The fourth-order valence-electron chi connectivity index (χ4n) is 0.306. The smallest absolute Gasteiger partial charge is 0.300 e. The Morgan fingerprint density at radius 2 is 2.20 bits per heavy atom. The van der Waals surface area contributed by atoms with Crippen LogP contribution >= 0.6 is 0 Å². The standard InChI is InChI=1S/C4H11NO4S/c1-3-4(2)9-10(7,8)5-6/h4-6H,3H2,1-2H3. The van der Waals surface area contributed by atoms with Crippen molar-refractivity contribution >= 4 is 10.3 Å². The average molecular weight is 169 g/mol. The van der Waals surface area contributed by atoms with Gasteiger partial charge in [-0.2, -0.15) is 8.42 Å². The lowest BCUT2D eigenvalue weighted by atomic mass is 10.3. The zero-order chi connectivity index (χ0) is 8.20. The summed E-state index contributed by atoms with van der Waals surface area (Å²) in [5, 5.41) is 7.98. The Hall–Kier alpha value is -0.170. The van der Waals surface area contributed by atoms with Crippen LogP contribution in [-0.4, -0.2) is 19.7 Å². The van der Waals surface area contributed by atoms with Crippen molar-refractivity contribution in [3.8, 4) is 0 Å². The lowest BCUT2D eigenvalue weighted by Crippen LogP contribution is -2.25. The molecule has 0 aromatic heterocycles. The van der Waals surface area contributed by atoms with E-state index in [9.17, 15) is 8.42 Å². The van der Waals surface area contributed by atoms with Crippen molar-refractivity contribution in [3.05, 3.63) is 0 Å². The maximum atomic E-state index is 10.4. The maximum Gasteiger partial charge on any atom is 0.358 e. The van der Waals surface area contributed by atoms with E-state index in [1.165, 1.54) is 0 Å². The van der Waals surface area contributed by atoms with E-state index in [4.69, 9.17) is 5.21 Å². The van der Waals surface area contributed by atoms with Gasteiger partial charge in [0, 0.05) is 0 Å². The Labute approximate surface area is 60.2 Å². The summed E-state index contributed by atoms with van der Waals surface area (Å²) in [4.78, 5) is 1.06. The zero-order valence-electron chi connectivity index (χ0n) is 5.86. The molecule has 0 aliphatic rings. The fraction of sp³-hybridized carbons (Fsp3) is 1.00. The minimum atomic E-state index is -3.93. The van der Waals surface area contributed by atoms with Crippen molar-refractivity contribution in [1.29, 1.82) is 0 Å². The highest BCUT2D eigenvalue weighted by Gasteiger charge is 2.11. The van der Waals surface area contributed by atoms with Gasteiger partial charge in [0.2, 0.25) is 0 Å². The third-order valence-electron chi connectivity index (χ3n) is 0.978. The van der Waals surface area contributed by atoms with E-state index in [2.05, 4.69) is 4.18 Å². The van der Waals surface area contributed by atoms with Gasteiger partial charge in [-0.05, 0) is 13.3 Å². The van der Waals surface area contributed by atoms with Crippen LogP contribution in [-0.2, 0) is 14.5 Å². The third kappa shape index (κ3) is 3.78. The quantitative estimate of drug-likeness (QED) is 0.582. The molecule has 0 saturated carbocycles. The average Bonchev–Trinajstić information content (AvgIpc) is 1.87. The van der Waals surface area contributed by atoms with Crippen molar-refractivity contribution < 1.29 is 17.8 Å². The summed E-state index contributed by atoms with van der Waals surface area (Å²) in [5.41, 5.74) is 0. The normalized spacial score (nSPS) is 15.1. The highest BCUT2D eigenvalue weighted by atomic mass is 32.2. The lowest BCUT2D eigenvalue weighted by molar-refractivity contribution is 0.171. The maximum absolute atomic E-state index is 10.4. The Bertz CT molecular complexity index is 176. The minimum absolute atomic E-state index is 0.412. The molecule has 0 radical (unpaired) electrons. The number of hydrogen-bond acceptors (Lipinski definition) is 4. The van der Waals surface area contributed by atoms with Gasteiger partial charge in [-0.15, -0.1) is 0 Å². The first-order valence-electron chi connectivity index (χ1n) is 2.86. The van der Waals surface area contributed by atoms with E-state index in [0.717, 1.165) is 4.89 Å². The molecule has 0 spiro atoms. The molecule has 5 nitrogen and oxygen atoms in total. The Kier molecular flexibility index (Phi) is 3.80. The molecule has 0 aromatic rings. The van der Waals surface area contributed by atoms with Gasteiger partial charge in [0.25, 0.3) is 0 Å². The van der Waals surface area contributed by atoms with Gasteiger partial charge in [-0.3, -0.25) is 4.18 Å². The molecule has 0 heterocycles. The molecule has 0 amide bonds. The molecule has 0 bridgehead atoms. The van der Waals surface area contributed by atoms with Gasteiger partial charge >= 0.3 is 10.3 Å². The van der Waals surface area contributed by atoms with Crippen LogP contribution in [0.2, 0.25) is 0 Å². The molecule has 0 fully saturated rings. The van der Waals surface area contributed by atoms with Gasteiger partial charge in [0.1, 0.15) is 0 Å². The Morgan fingerprint density at radius 1 is 1.70 bits per heavy atom. The largest absolute Gasteiger partial charge is 0.358 e. The molecule has 2 N–H and O–H groups in total. The zero-order valence-corrected chi connectivity index (χ0v) is 6.68. The summed E-state index contributed by atoms with van der Waals surface area (Å²) in [5.74, 6) is 0. The van der Waals surface area contributed by atoms with E-state index < -0.39 is 16.4 Å². The first kappa shape index (κ1) is 9.83. The number of hydrogen-bond donors (Lipinski definition) is 2. The molecule has 6 heteroatoms.